The summed E-state index contributed by atoms with van der Waals surface area (Å²) >= 11 is 1.81. The third kappa shape index (κ3) is 3.18. The fraction of sp³-hybridized carbons (Fsp3) is 0.667. The van der Waals surface area contributed by atoms with Crippen molar-refractivity contribution in [1.29, 1.82) is 0 Å². The summed E-state index contributed by atoms with van der Waals surface area (Å²) in [7, 11) is 0. The molecule has 2 fully saturated rings. The summed E-state index contributed by atoms with van der Waals surface area (Å²) in [6, 6.07) is 4.68. The second-order valence-electron chi connectivity index (χ2n) is 5.92. The lowest BCUT2D eigenvalue weighted by Crippen LogP contribution is -2.40. The Labute approximate surface area is 119 Å². The molecule has 1 saturated carbocycles. The minimum Gasteiger partial charge on any atom is -0.338 e. The summed E-state index contributed by atoms with van der Waals surface area (Å²) in [5, 5.41) is 5.43. The second-order valence-corrected chi connectivity index (χ2v) is 6.90. The van der Waals surface area contributed by atoms with Gasteiger partial charge in [-0.25, -0.2) is 0 Å². The van der Waals surface area contributed by atoms with Gasteiger partial charge in [0.1, 0.15) is 0 Å². The summed E-state index contributed by atoms with van der Waals surface area (Å²) in [6.07, 6.45) is 3.78. The molecule has 2 aliphatic rings. The van der Waals surface area contributed by atoms with Crippen LogP contribution in [0.4, 0.5) is 0 Å². The van der Waals surface area contributed by atoms with E-state index in [-0.39, 0.29) is 5.91 Å². The number of amides is 1. The molecule has 1 saturated heterocycles. The Morgan fingerprint density at radius 1 is 1.53 bits per heavy atom. The van der Waals surface area contributed by atoms with E-state index in [0.717, 1.165) is 25.4 Å². The van der Waals surface area contributed by atoms with Crippen LogP contribution in [0.25, 0.3) is 0 Å². The van der Waals surface area contributed by atoms with Crippen LogP contribution in [0, 0.1) is 5.92 Å². The number of carbonyl (C=O) groups is 1. The van der Waals surface area contributed by atoms with Gasteiger partial charge in [-0.1, -0.05) is 6.07 Å². The highest BCUT2D eigenvalue weighted by Crippen LogP contribution is 2.34. The summed E-state index contributed by atoms with van der Waals surface area (Å²) < 4.78 is 0. The van der Waals surface area contributed by atoms with Gasteiger partial charge in [0, 0.05) is 23.4 Å². The third-order valence-electron chi connectivity index (χ3n) is 4.25. The van der Waals surface area contributed by atoms with E-state index < -0.39 is 0 Å². The van der Waals surface area contributed by atoms with Crippen LogP contribution in [0.2, 0.25) is 0 Å². The highest BCUT2D eigenvalue weighted by Gasteiger charge is 2.33. The van der Waals surface area contributed by atoms with E-state index in [0.29, 0.717) is 18.5 Å². The van der Waals surface area contributed by atoms with Gasteiger partial charge in [-0.15, -0.1) is 11.3 Å². The second kappa shape index (κ2) is 5.63. The fourth-order valence-electron chi connectivity index (χ4n) is 2.91. The zero-order valence-electron chi connectivity index (χ0n) is 11.5. The number of likely N-dealkylation sites (tertiary alicyclic amines) is 1. The molecular weight excluding hydrogens is 256 g/mol. The molecule has 104 valence electrons. The Hall–Kier alpha value is -0.870. The summed E-state index contributed by atoms with van der Waals surface area (Å²) in [4.78, 5) is 15.7. The lowest BCUT2D eigenvalue weighted by Gasteiger charge is -2.21. The Morgan fingerprint density at radius 2 is 2.37 bits per heavy atom. The maximum atomic E-state index is 12.2. The minimum atomic E-state index is 0.271. The number of nitrogens with one attached hydrogen (secondary N) is 1. The van der Waals surface area contributed by atoms with Gasteiger partial charge in [-0.3, -0.25) is 4.79 Å². The van der Waals surface area contributed by atoms with Gasteiger partial charge in [0.2, 0.25) is 5.91 Å². The molecule has 4 heteroatoms. The molecule has 1 aromatic heterocycles. The molecule has 2 unspecified atom stereocenters. The van der Waals surface area contributed by atoms with Crippen LogP contribution in [0.3, 0.4) is 0 Å². The van der Waals surface area contributed by atoms with Crippen LogP contribution in [-0.4, -0.2) is 36.5 Å². The van der Waals surface area contributed by atoms with Crippen LogP contribution < -0.4 is 5.32 Å². The van der Waals surface area contributed by atoms with E-state index in [2.05, 4.69) is 34.7 Å². The Morgan fingerprint density at radius 3 is 3.05 bits per heavy atom. The molecule has 2 heterocycles. The normalized spacial score (nSPS) is 26.9. The van der Waals surface area contributed by atoms with Gasteiger partial charge in [0.25, 0.3) is 0 Å². The molecule has 0 bridgehead atoms. The predicted octanol–water partition coefficient (Wildman–Crippen LogP) is 2.45. The van der Waals surface area contributed by atoms with Gasteiger partial charge in [0.05, 0.1) is 6.54 Å². The van der Waals surface area contributed by atoms with E-state index >= 15 is 0 Å². The lowest BCUT2D eigenvalue weighted by atomic mass is 10.1. The van der Waals surface area contributed by atoms with Crippen molar-refractivity contribution in [3.05, 3.63) is 22.4 Å². The van der Waals surface area contributed by atoms with E-state index in [1.54, 1.807) is 0 Å². The maximum absolute atomic E-state index is 12.2. The maximum Gasteiger partial charge on any atom is 0.236 e. The average molecular weight is 278 g/mol. The predicted molar refractivity (Wildman–Crippen MR) is 78.4 cm³/mol. The van der Waals surface area contributed by atoms with Gasteiger partial charge >= 0.3 is 0 Å². The van der Waals surface area contributed by atoms with E-state index in [4.69, 9.17) is 0 Å². The van der Waals surface area contributed by atoms with Crippen LogP contribution in [0.1, 0.15) is 37.0 Å². The first-order valence-corrected chi connectivity index (χ1v) is 8.15. The fourth-order valence-corrected chi connectivity index (χ4v) is 3.75. The average Bonchev–Trinajstić information content (AvgIpc) is 2.91. The van der Waals surface area contributed by atoms with Crippen molar-refractivity contribution < 1.29 is 4.79 Å². The number of carbonyl (C=O) groups excluding carboxylic acids is 1. The Balaban J connectivity index is 1.51. The molecule has 3 nitrogen and oxygen atoms in total. The van der Waals surface area contributed by atoms with E-state index in [1.807, 2.05) is 11.3 Å². The van der Waals surface area contributed by atoms with Crippen LogP contribution in [0.15, 0.2) is 17.5 Å². The standard InChI is InChI=1S/C15H22N2OS/c1-11-7-13(14-3-2-6-19-14)10-17(11)15(18)9-16-8-12-4-5-12/h2-3,6,11-13,16H,4-5,7-10H2,1H3. The van der Waals surface area contributed by atoms with E-state index in [1.165, 1.54) is 17.7 Å². The highest BCUT2D eigenvalue weighted by atomic mass is 32.1. The first-order valence-electron chi connectivity index (χ1n) is 7.27. The van der Waals surface area contributed by atoms with Crippen molar-refractivity contribution in [3.8, 4) is 0 Å². The quantitative estimate of drug-likeness (QED) is 0.897. The van der Waals surface area contributed by atoms with Crippen molar-refractivity contribution in [2.24, 2.45) is 5.92 Å². The largest absolute Gasteiger partial charge is 0.338 e. The SMILES string of the molecule is CC1CC(c2cccs2)CN1C(=O)CNCC1CC1. The molecule has 1 aliphatic heterocycles. The molecule has 1 aliphatic carbocycles. The Kier molecular flexibility index (Phi) is 3.89. The van der Waals surface area contributed by atoms with Gasteiger partial charge in [0.15, 0.2) is 0 Å². The smallest absolute Gasteiger partial charge is 0.236 e. The number of nitrogens with zero attached hydrogens (tertiary/aromatic N) is 1. The number of hydrogen-bond acceptors (Lipinski definition) is 3. The van der Waals surface area contributed by atoms with Gasteiger partial charge in [-0.2, -0.15) is 0 Å². The molecule has 3 rings (SSSR count). The first-order chi connectivity index (χ1) is 9.24. The molecule has 19 heavy (non-hydrogen) atoms. The van der Waals surface area contributed by atoms with Crippen molar-refractivity contribution in [3.63, 3.8) is 0 Å². The molecule has 2 atom stereocenters. The van der Waals surface area contributed by atoms with Crippen molar-refractivity contribution in [1.82, 2.24) is 10.2 Å². The first kappa shape index (κ1) is 13.1. The molecule has 1 aromatic rings. The number of thiophene rings is 1. The van der Waals surface area contributed by atoms with Crippen molar-refractivity contribution in [2.45, 2.75) is 38.1 Å². The van der Waals surface area contributed by atoms with Crippen LogP contribution in [-0.2, 0) is 4.79 Å². The topological polar surface area (TPSA) is 32.3 Å². The molecule has 0 spiro atoms. The summed E-state index contributed by atoms with van der Waals surface area (Å²) in [5.41, 5.74) is 0. The summed E-state index contributed by atoms with van der Waals surface area (Å²) in [6.45, 7) is 4.60. The third-order valence-corrected chi connectivity index (χ3v) is 5.28. The number of hydrogen-bond donors (Lipinski definition) is 1. The monoisotopic (exact) mass is 278 g/mol. The van der Waals surface area contributed by atoms with Crippen molar-refractivity contribution in [2.75, 3.05) is 19.6 Å². The van der Waals surface area contributed by atoms with Crippen LogP contribution >= 0.6 is 11.3 Å². The molecular formula is C15H22N2OS. The molecule has 1 amide bonds. The molecule has 1 N–H and O–H groups in total. The van der Waals surface area contributed by atoms with Gasteiger partial charge < -0.3 is 10.2 Å². The highest BCUT2D eigenvalue weighted by molar-refractivity contribution is 7.10. The zero-order valence-corrected chi connectivity index (χ0v) is 12.3. The number of rotatable bonds is 5. The van der Waals surface area contributed by atoms with E-state index in [9.17, 15) is 4.79 Å². The van der Waals surface area contributed by atoms with Gasteiger partial charge in [-0.05, 0) is 50.1 Å². The zero-order chi connectivity index (χ0) is 13.2. The molecule has 0 aromatic carbocycles. The summed E-state index contributed by atoms with van der Waals surface area (Å²) in [5.74, 6) is 1.65. The minimum absolute atomic E-state index is 0.271. The van der Waals surface area contributed by atoms with Crippen LogP contribution in [0.5, 0.6) is 0 Å². The Bertz CT molecular complexity index is 427. The van der Waals surface area contributed by atoms with Crippen molar-refractivity contribution >= 4 is 17.2 Å². The lowest BCUT2D eigenvalue weighted by molar-refractivity contribution is -0.130. The molecule has 0 radical (unpaired) electrons.